The number of benzene rings is 2. The Hall–Kier alpha value is -2.73. The van der Waals surface area contributed by atoms with Crippen LogP contribution in [0.2, 0.25) is 0 Å². The molecule has 128 valence electrons. The number of ether oxygens (including phenoxy) is 1. The van der Waals surface area contributed by atoms with E-state index < -0.39 is 0 Å². The van der Waals surface area contributed by atoms with Crippen LogP contribution in [0, 0.1) is 0 Å². The van der Waals surface area contributed by atoms with E-state index >= 15 is 0 Å². The minimum absolute atomic E-state index is 0.0435. The van der Waals surface area contributed by atoms with Crippen molar-refractivity contribution >= 4 is 35.0 Å². The first-order valence-corrected chi connectivity index (χ1v) is 8.84. The van der Waals surface area contributed by atoms with Gasteiger partial charge in [0, 0.05) is 0 Å². The number of carbonyl (C=O) groups excluding carboxylic acids is 2. The first kappa shape index (κ1) is 17.1. The lowest BCUT2D eigenvalue weighted by Gasteiger charge is -2.28. The molecule has 6 heteroatoms. The highest BCUT2D eigenvalue weighted by atomic mass is 32.2. The monoisotopic (exact) mass is 354 g/mol. The van der Waals surface area contributed by atoms with Gasteiger partial charge in [-0.2, -0.15) is 0 Å². The van der Waals surface area contributed by atoms with E-state index in [1.165, 1.54) is 16.7 Å². The SMILES string of the molecule is COc1ccccc1NC(=O)CN1C(=O)CSC=C1c1ccccc1. The number of nitrogens with zero attached hydrogens (tertiary/aromatic N) is 1. The van der Waals surface area contributed by atoms with Crippen LogP contribution in [-0.2, 0) is 9.59 Å². The van der Waals surface area contributed by atoms with Crippen molar-refractivity contribution in [1.29, 1.82) is 0 Å². The van der Waals surface area contributed by atoms with Crippen LogP contribution < -0.4 is 10.1 Å². The van der Waals surface area contributed by atoms with Gasteiger partial charge in [-0.15, -0.1) is 11.8 Å². The summed E-state index contributed by atoms with van der Waals surface area (Å²) in [5.41, 5.74) is 2.24. The average Bonchev–Trinajstić information content (AvgIpc) is 2.64. The molecule has 1 aliphatic rings. The zero-order valence-corrected chi connectivity index (χ0v) is 14.6. The molecule has 25 heavy (non-hydrogen) atoms. The van der Waals surface area contributed by atoms with Crippen LogP contribution in [-0.4, -0.2) is 36.1 Å². The number of thioether (sulfide) groups is 1. The lowest BCUT2D eigenvalue weighted by molar-refractivity contribution is -0.129. The van der Waals surface area contributed by atoms with E-state index in [1.54, 1.807) is 19.2 Å². The summed E-state index contributed by atoms with van der Waals surface area (Å²) >= 11 is 1.44. The van der Waals surface area contributed by atoms with Crippen LogP contribution in [0.15, 0.2) is 60.0 Å². The van der Waals surface area contributed by atoms with Crippen molar-refractivity contribution < 1.29 is 14.3 Å². The van der Waals surface area contributed by atoms with Gasteiger partial charge in [0.1, 0.15) is 12.3 Å². The van der Waals surface area contributed by atoms with Crippen LogP contribution in [0.25, 0.3) is 5.70 Å². The number of methoxy groups -OCH3 is 1. The molecule has 0 saturated carbocycles. The lowest BCUT2D eigenvalue weighted by Crippen LogP contribution is -2.39. The fourth-order valence-corrected chi connectivity index (χ4v) is 3.36. The fourth-order valence-electron chi connectivity index (χ4n) is 2.56. The van der Waals surface area contributed by atoms with E-state index in [0.717, 1.165) is 11.3 Å². The van der Waals surface area contributed by atoms with Crippen molar-refractivity contribution in [2.45, 2.75) is 0 Å². The zero-order chi connectivity index (χ0) is 17.6. The maximum absolute atomic E-state index is 12.5. The third-order valence-electron chi connectivity index (χ3n) is 3.75. The summed E-state index contributed by atoms with van der Waals surface area (Å²) in [6, 6.07) is 16.8. The van der Waals surface area contributed by atoms with Crippen LogP contribution >= 0.6 is 11.8 Å². The summed E-state index contributed by atoms with van der Waals surface area (Å²) in [5, 5.41) is 4.73. The Balaban J connectivity index is 1.77. The molecule has 0 bridgehead atoms. The molecule has 0 radical (unpaired) electrons. The molecular formula is C19H18N2O3S. The topological polar surface area (TPSA) is 58.6 Å². The van der Waals surface area contributed by atoms with Gasteiger partial charge in [-0.25, -0.2) is 0 Å². The van der Waals surface area contributed by atoms with Crippen LogP contribution in [0.3, 0.4) is 0 Å². The molecule has 0 aliphatic carbocycles. The molecule has 5 nitrogen and oxygen atoms in total. The number of hydrogen-bond donors (Lipinski definition) is 1. The molecular weight excluding hydrogens is 336 g/mol. The number of amides is 2. The van der Waals surface area contributed by atoms with Crippen LogP contribution in [0.1, 0.15) is 5.56 Å². The predicted octanol–water partition coefficient (Wildman–Crippen LogP) is 3.21. The van der Waals surface area contributed by atoms with Gasteiger partial charge < -0.3 is 15.0 Å². The first-order valence-electron chi connectivity index (χ1n) is 7.79. The van der Waals surface area contributed by atoms with Gasteiger partial charge in [-0.1, -0.05) is 42.5 Å². The lowest BCUT2D eigenvalue weighted by atomic mass is 10.1. The summed E-state index contributed by atoms with van der Waals surface area (Å²) in [7, 11) is 1.55. The van der Waals surface area contributed by atoms with Crippen molar-refractivity contribution in [2.75, 3.05) is 24.7 Å². The quantitative estimate of drug-likeness (QED) is 0.896. The second kappa shape index (κ2) is 7.90. The highest BCUT2D eigenvalue weighted by Gasteiger charge is 2.25. The van der Waals surface area contributed by atoms with Crippen molar-refractivity contribution in [3.63, 3.8) is 0 Å². The molecule has 2 amide bonds. The molecule has 2 aromatic rings. The summed E-state index contributed by atoms with van der Waals surface area (Å²) in [4.78, 5) is 26.3. The summed E-state index contributed by atoms with van der Waals surface area (Å²) < 4.78 is 5.24. The Kier molecular flexibility index (Phi) is 5.40. The highest BCUT2D eigenvalue weighted by Crippen LogP contribution is 2.28. The molecule has 0 spiro atoms. The van der Waals surface area contributed by atoms with Gasteiger partial charge in [0.25, 0.3) is 0 Å². The van der Waals surface area contributed by atoms with E-state index in [4.69, 9.17) is 4.74 Å². The van der Waals surface area contributed by atoms with Gasteiger partial charge >= 0.3 is 0 Å². The van der Waals surface area contributed by atoms with E-state index in [1.807, 2.05) is 47.9 Å². The van der Waals surface area contributed by atoms with E-state index in [2.05, 4.69) is 5.32 Å². The Morgan fingerprint density at radius 2 is 1.88 bits per heavy atom. The maximum atomic E-state index is 12.5. The standard InChI is InChI=1S/C19H18N2O3S/c1-24-17-10-6-5-9-15(17)20-18(22)11-21-16(12-25-13-19(21)23)14-7-3-2-4-8-14/h2-10,12H,11,13H2,1H3,(H,20,22). The highest BCUT2D eigenvalue weighted by molar-refractivity contribution is 8.03. The van der Waals surface area contributed by atoms with Gasteiger partial charge in [0.15, 0.2) is 0 Å². The number of hydrogen-bond acceptors (Lipinski definition) is 4. The van der Waals surface area contributed by atoms with Crippen molar-refractivity contribution in [3.8, 4) is 5.75 Å². The molecule has 0 atom stereocenters. The second-order valence-corrected chi connectivity index (χ2v) is 6.27. The molecule has 0 unspecified atom stereocenters. The fraction of sp³-hybridized carbons (Fsp3) is 0.158. The minimum atomic E-state index is -0.272. The minimum Gasteiger partial charge on any atom is -0.495 e. The predicted molar refractivity (Wildman–Crippen MR) is 100 cm³/mol. The smallest absolute Gasteiger partial charge is 0.244 e. The van der Waals surface area contributed by atoms with E-state index in [-0.39, 0.29) is 18.4 Å². The Morgan fingerprint density at radius 1 is 1.16 bits per heavy atom. The summed E-state index contributed by atoms with van der Waals surface area (Å²) in [6.45, 7) is -0.0435. The van der Waals surface area contributed by atoms with E-state index in [9.17, 15) is 9.59 Å². The molecule has 0 saturated heterocycles. The summed E-state index contributed by atoms with van der Waals surface area (Å²) in [6.07, 6.45) is 0. The van der Waals surface area contributed by atoms with Gasteiger partial charge in [-0.05, 0) is 23.1 Å². The molecule has 1 N–H and O–H groups in total. The van der Waals surface area contributed by atoms with E-state index in [0.29, 0.717) is 17.2 Å². The third-order valence-corrected chi connectivity index (χ3v) is 4.55. The zero-order valence-electron chi connectivity index (χ0n) is 13.8. The number of nitrogens with one attached hydrogen (secondary N) is 1. The Bertz CT molecular complexity index is 805. The molecule has 2 aromatic carbocycles. The van der Waals surface area contributed by atoms with Crippen molar-refractivity contribution in [1.82, 2.24) is 4.90 Å². The molecule has 1 aliphatic heterocycles. The number of para-hydroxylation sites is 2. The van der Waals surface area contributed by atoms with Crippen LogP contribution in [0.4, 0.5) is 5.69 Å². The van der Waals surface area contributed by atoms with Crippen molar-refractivity contribution in [2.24, 2.45) is 0 Å². The number of rotatable bonds is 5. The molecule has 1 heterocycles. The number of carbonyl (C=O) groups is 2. The third kappa shape index (κ3) is 4.03. The van der Waals surface area contributed by atoms with Crippen molar-refractivity contribution in [3.05, 3.63) is 65.6 Å². The normalized spacial score (nSPS) is 14.0. The Morgan fingerprint density at radius 3 is 2.64 bits per heavy atom. The average molecular weight is 354 g/mol. The van der Waals surface area contributed by atoms with Gasteiger partial charge in [-0.3, -0.25) is 9.59 Å². The Labute approximate surface area is 150 Å². The largest absolute Gasteiger partial charge is 0.495 e. The molecule has 0 aromatic heterocycles. The maximum Gasteiger partial charge on any atom is 0.244 e. The van der Waals surface area contributed by atoms with Crippen LogP contribution in [0.5, 0.6) is 5.75 Å². The molecule has 0 fully saturated rings. The first-order chi connectivity index (χ1) is 12.2. The summed E-state index contributed by atoms with van der Waals surface area (Å²) in [5.74, 6) is 0.557. The second-order valence-electron chi connectivity index (χ2n) is 5.41. The van der Waals surface area contributed by atoms with Gasteiger partial charge in [0.2, 0.25) is 11.8 Å². The molecule has 3 rings (SSSR count). The van der Waals surface area contributed by atoms with Gasteiger partial charge in [0.05, 0.1) is 24.2 Å². The number of anilines is 1.